The first-order valence-electron chi connectivity index (χ1n) is 4.02. The van der Waals surface area contributed by atoms with E-state index < -0.39 is 21.8 Å². The molecular formula is C6H7N6O5+. The smallest absolute Gasteiger partial charge is 0.400 e. The van der Waals surface area contributed by atoms with Crippen molar-refractivity contribution in [3.63, 3.8) is 0 Å². The Kier molecular flexibility index (Phi) is 3.70. The van der Waals surface area contributed by atoms with Gasteiger partial charge < -0.3 is 10.2 Å². The molecule has 90 valence electrons. The Morgan fingerprint density at radius 3 is 2.82 bits per heavy atom. The largest absolute Gasteiger partial charge is 0.433 e. The minimum atomic E-state index is -0.711. The van der Waals surface area contributed by atoms with E-state index in [0.717, 1.165) is 12.3 Å². The average Bonchev–Trinajstić information content (AvgIpc) is 2.65. The predicted octanol–water partition coefficient (Wildman–Crippen LogP) is -0.491. The van der Waals surface area contributed by atoms with E-state index in [0.29, 0.717) is 0 Å². The molecule has 0 aromatic carbocycles. The highest BCUT2D eigenvalue weighted by Crippen LogP contribution is 2.13. The second-order valence-corrected chi connectivity index (χ2v) is 2.55. The molecule has 1 aromatic rings. The minimum absolute atomic E-state index is 0.0798. The number of nitrogens with zero attached hydrogens (tertiary/aromatic N) is 4. The first-order valence-corrected chi connectivity index (χ1v) is 4.02. The van der Waals surface area contributed by atoms with Crippen LogP contribution in [0.25, 0.3) is 0 Å². The molecule has 0 atom stereocenters. The van der Waals surface area contributed by atoms with Gasteiger partial charge in [0.15, 0.2) is 5.76 Å². The maximum Gasteiger partial charge on any atom is 0.433 e. The zero-order valence-electron chi connectivity index (χ0n) is 8.18. The molecule has 0 unspecified atom stereocenters. The van der Waals surface area contributed by atoms with Gasteiger partial charge >= 0.3 is 10.9 Å². The van der Waals surface area contributed by atoms with Crippen molar-refractivity contribution in [1.29, 1.82) is 0 Å². The number of hydrogen-bond donors (Lipinski definition) is 3. The van der Waals surface area contributed by atoms with Crippen LogP contribution in [0, 0.1) is 15.0 Å². The van der Waals surface area contributed by atoms with Gasteiger partial charge in [0.1, 0.15) is 9.83 Å². The summed E-state index contributed by atoms with van der Waals surface area (Å²) >= 11 is 0. The first-order chi connectivity index (χ1) is 7.99. The van der Waals surface area contributed by atoms with Gasteiger partial charge in [0.05, 0.1) is 12.3 Å². The number of guanidine groups is 1. The summed E-state index contributed by atoms with van der Waals surface area (Å²) < 4.78 is 4.71. The van der Waals surface area contributed by atoms with Crippen molar-refractivity contribution in [3.05, 3.63) is 32.9 Å². The summed E-state index contributed by atoms with van der Waals surface area (Å²) in [5.41, 5.74) is 6.74. The molecule has 11 nitrogen and oxygen atoms in total. The van der Waals surface area contributed by atoms with E-state index in [1.807, 2.05) is 0 Å². The van der Waals surface area contributed by atoms with Crippen LogP contribution in [0.2, 0.25) is 0 Å². The molecule has 0 aliphatic heterocycles. The van der Waals surface area contributed by atoms with Crippen molar-refractivity contribution >= 4 is 18.1 Å². The van der Waals surface area contributed by atoms with E-state index in [2.05, 4.69) is 10.2 Å². The van der Waals surface area contributed by atoms with Crippen molar-refractivity contribution < 1.29 is 19.6 Å². The van der Waals surface area contributed by atoms with Crippen LogP contribution < -0.4 is 11.2 Å². The molecule has 0 amide bonds. The number of nitro groups is 1. The Morgan fingerprint density at radius 1 is 1.59 bits per heavy atom. The molecule has 0 fully saturated rings. The van der Waals surface area contributed by atoms with Gasteiger partial charge in [-0.2, -0.15) is 5.10 Å². The monoisotopic (exact) mass is 243 g/mol. The summed E-state index contributed by atoms with van der Waals surface area (Å²) in [6.07, 6.45) is 1.04. The van der Waals surface area contributed by atoms with Gasteiger partial charge in [-0.05, 0) is 11.5 Å². The van der Waals surface area contributed by atoms with Crippen molar-refractivity contribution in [1.82, 2.24) is 5.43 Å². The van der Waals surface area contributed by atoms with Gasteiger partial charge in [-0.1, -0.05) is 0 Å². The summed E-state index contributed by atoms with van der Waals surface area (Å²) in [5.74, 6) is -0.835. The molecule has 4 N–H and O–H groups in total. The van der Waals surface area contributed by atoms with Crippen LogP contribution in [-0.2, 0) is 0 Å². The number of rotatable bonds is 4. The van der Waals surface area contributed by atoms with Crippen molar-refractivity contribution in [2.45, 2.75) is 0 Å². The number of furan rings is 1. The summed E-state index contributed by atoms with van der Waals surface area (Å²) in [5, 5.41) is 24.3. The molecule has 0 aliphatic carbocycles. The highest BCUT2D eigenvalue weighted by atomic mass is 16.7. The van der Waals surface area contributed by atoms with E-state index in [1.165, 1.54) is 6.07 Å². The lowest BCUT2D eigenvalue weighted by Crippen LogP contribution is -2.36. The number of hydrazine groups is 1. The predicted molar refractivity (Wildman–Crippen MR) is 53.1 cm³/mol. The van der Waals surface area contributed by atoms with Gasteiger partial charge in [0, 0.05) is 0 Å². The van der Waals surface area contributed by atoms with Gasteiger partial charge in [-0.3, -0.25) is 10.1 Å². The fourth-order valence-electron chi connectivity index (χ4n) is 0.778. The normalized spacial score (nSPS) is 11.6. The summed E-state index contributed by atoms with van der Waals surface area (Å²) in [7, 11) is 0. The lowest BCUT2D eigenvalue weighted by molar-refractivity contribution is -0.822. The van der Waals surface area contributed by atoms with Crippen LogP contribution in [0.5, 0.6) is 0 Å². The second-order valence-electron chi connectivity index (χ2n) is 2.55. The fraction of sp³-hybridized carbons (Fsp3) is 0. The summed E-state index contributed by atoms with van der Waals surface area (Å²) in [6.45, 7) is 0. The molecule has 1 aromatic heterocycles. The third-order valence-electron chi connectivity index (χ3n) is 1.35. The topological polar surface area (TPSA) is 159 Å². The average molecular weight is 243 g/mol. The van der Waals surface area contributed by atoms with Crippen molar-refractivity contribution in [3.8, 4) is 0 Å². The van der Waals surface area contributed by atoms with E-state index in [4.69, 9.17) is 15.4 Å². The van der Waals surface area contributed by atoms with Gasteiger partial charge in [0.25, 0.3) is 5.96 Å². The minimum Gasteiger partial charge on any atom is -0.400 e. The standard InChI is InChI=1S/C6H7N6O5/c7-6(10-12(15)16)9-8-3-4-1-2-5(17-4)11(13)14/h1-3H,(H,15,16)(H3,7,9,10)/q+1. The van der Waals surface area contributed by atoms with E-state index >= 15 is 0 Å². The highest BCUT2D eigenvalue weighted by molar-refractivity contribution is 5.79. The zero-order valence-corrected chi connectivity index (χ0v) is 8.18. The Labute approximate surface area is 92.9 Å². The van der Waals surface area contributed by atoms with Crippen molar-refractivity contribution in [2.75, 3.05) is 0 Å². The van der Waals surface area contributed by atoms with Crippen LogP contribution in [0.3, 0.4) is 0 Å². The highest BCUT2D eigenvalue weighted by Gasteiger charge is 2.10. The SMILES string of the molecule is NC(=NN=Cc1ccc([N+](=O)[O-])o1)N[N+](=O)O. The molecule has 17 heavy (non-hydrogen) atoms. The number of nitrogens with one attached hydrogen (secondary N) is 1. The van der Waals surface area contributed by atoms with E-state index in [9.17, 15) is 15.0 Å². The Balaban J connectivity index is 2.64. The van der Waals surface area contributed by atoms with Crippen LogP contribution in [0.15, 0.2) is 26.8 Å². The maximum absolute atomic E-state index is 10.3. The third-order valence-corrected chi connectivity index (χ3v) is 1.35. The lowest BCUT2D eigenvalue weighted by atomic mass is 10.5. The van der Waals surface area contributed by atoms with E-state index in [1.54, 1.807) is 5.43 Å². The maximum atomic E-state index is 10.3. The Hall–Kier alpha value is -2.98. The van der Waals surface area contributed by atoms with Gasteiger partial charge in [-0.25, -0.2) is 5.21 Å². The molecule has 0 aliphatic rings. The summed E-state index contributed by atoms with van der Waals surface area (Å²) in [4.78, 5) is 19.6. The number of nitrogens with two attached hydrogens (primary N) is 1. The molecule has 0 saturated carbocycles. The molecule has 11 heteroatoms. The Bertz CT molecular complexity index is 491. The lowest BCUT2D eigenvalue weighted by Gasteiger charge is -1.86. The van der Waals surface area contributed by atoms with Crippen LogP contribution in [0.4, 0.5) is 5.88 Å². The van der Waals surface area contributed by atoms with E-state index in [-0.39, 0.29) is 5.76 Å². The van der Waals surface area contributed by atoms with Crippen LogP contribution in [0.1, 0.15) is 5.76 Å². The second kappa shape index (κ2) is 5.20. The third kappa shape index (κ3) is 3.94. The fourth-order valence-corrected chi connectivity index (χ4v) is 0.778. The first kappa shape index (κ1) is 12.1. The quantitative estimate of drug-likeness (QED) is 0.278. The van der Waals surface area contributed by atoms with Crippen LogP contribution >= 0.6 is 0 Å². The van der Waals surface area contributed by atoms with Crippen LogP contribution in [-0.4, -0.2) is 27.3 Å². The molecular weight excluding hydrogens is 236 g/mol. The molecule has 1 rings (SSSR count). The summed E-state index contributed by atoms with van der Waals surface area (Å²) in [6, 6.07) is 2.44. The number of hydrogen-bond acceptors (Lipinski definition) is 6. The molecule has 0 saturated heterocycles. The molecule has 0 radical (unpaired) electrons. The van der Waals surface area contributed by atoms with Gasteiger partial charge in [-0.15, -0.1) is 5.10 Å². The Morgan fingerprint density at radius 2 is 2.29 bits per heavy atom. The van der Waals surface area contributed by atoms with Crippen molar-refractivity contribution in [2.24, 2.45) is 15.9 Å². The molecule has 0 bridgehead atoms. The molecule has 0 spiro atoms. The zero-order chi connectivity index (χ0) is 12.8. The molecule has 1 heterocycles. The van der Waals surface area contributed by atoms with Gasteiger partial charge in [0.2, 0.25) is 0 Å².